The third-order valence-electron chi connectivity index (χ3n) is 12.3. The highest BCUT2D eigenvalue weighted by Crippen LogP contribution is 2.26. The van der Waals surface area contributed by atoms with Gasteiger partial charge >= 0.3 is 0 Å². The largest absolute Gasteiger partial charge is 0.370 e. The number of hydrogen-bond acceptors (Lipinski definition) is 12. The van der Waals surface area contributed by atoms with Crippen molar-refractivity contribution < 1.29 is 43.2 Å². The van der Waals surface area contributed by atoms with E-state index < -0.39 is 114 Å². The van der Waals surface area contributed by atoms with Gasteiger partial charge in [-0.3, -0.25) is 53.1 Å². The summed E-state index contributed by atoms with van der Waals surface area (Å²) >= 11 is 0. The van der Waals surface area contributed by atoms with Crippen LogP contribution in [0.1, 0.15) is 82.3 Å². The number of nitrogens with zero attached hydrogens (tertiary/aromatic N) is 2. The van der Waals surface area contributed by atoms with E-state index in [4.69, 9.17) is 34.4 Å². The van der Waals surface area contributed by atoms with Gasteiger partial charge in [-0.05, 0) is 75.0 Å². The molecule has 2 heterocycles. The van der Waals surface area contributed by atoms with Crippen molar-refractivity contribution in [2.75, 3.05) is 26.2 Å². The molecule has 1 aromatic heterocycles. The Morgan fingerprint density at radius 1 is 0.726 bits per heavy atom. The zero-order chi connectivity index (χ0) is 53.5. The van der Waals surface area contributed by atoms with Crippen LogP contribution in [0.5, 0.6) is 0 Å². The number of nitrogens with two attached hydrogens (primary N) is 6. The van der Waals surface area contributed by atoms with Crippen LogP contribution in [0.3, 0.4) is 0 Å². The molecule has 73 heavy (non-hydrogen) atoms. The van der Waals surface area contributed by atoms with Crippen molar-refractivity contribution in [2.24, 2.45) is 56.2 Å². The van der Waals surface area contributed by atoms with Gasteiger partial charge in [0.15, 0.2) is 17.7 Å². The van der Waals surface area contributed by atoms with E-state index in [1.807, 2.05) is 24.3 Å². The summed E-state index contributed by atoms with van der Waals surface area (Å²) in [7, 11) is 0. The van der Waals surface area contributed by atoms with Crippen molar-refractivity contribution >= 4 is 75.7 Å². The van der Waals surface area contributed by atoms with E-state index in [9.17, 15) is 43.2 Å². The van der Waals surface area contributed by atoms with Crippen molar-refractivity contribution in [1.82, 2.24) is 36.9 Å². The molecule has 3 aromatic rings. The molecule has 7 amide bonds. The second kappa shape index (κ2) is 29.5. The molecule has 1 saturated heterocycles. The number of primary amides is 1. The highest BCUT2D eigenvalue weighted by molar-refractivity contribution is 5.99. The first-order chi connectivity index (χ1) is 34.8. The molecule has 1 fully saturated rings. The predicted molar refractivity (Wildman–Crippen MR) is 273 cm³/mol. The second-order valence-corrected chi connectivity index (χ2v) is 18.1. The fourth-order valence-electron chi connectivity index (χ4n) is 8.45. The predicted octanol–water partition coefficient (Wildman–Crippen LogP) is -2.21. The third kappa shape index (κ3) is 19.7. The lowest BCUT2D eigenvalue weighted by molar-refractivity contribution is -0.136. The first-order valence-corrected chi connectivity index (χ1v) is 24.3. The van der Waals surface area contributed by atoms with E-state index in [2.05, 4.69) is 46.9 Å². The number of aliphatic imine (C=N–C) groups is 2. The molecule has 19 N–H and O–H groups in total. The van der Waals surface area contributed by atoms with Crippen LogP contribution in [0.2, 0.25) is 0 Å². The number of aromatic amines is 1. The number of amides is 7. The maximum Gasteiger partial charge on any atom is 0.244 e. The fraction of sp³-hybridized carbons (Fsp3) is 0.490. The number of aromatic nitrogens is 1. The normalized spacial score (nSPS) is 21.6. The van der Waals surface area contributed by atoms with Gasteiger partial charge in [-0.15, -0.1) is 0 Å². The van der Waals surface area contributed by atoms with Crippen molar-refractivity contribution in [2.45, 2.75) is 114 Å². The molecule has 396 valence electrons. The number of H-pyrrole nitrogens is 1. The minimum atomic E-state index is -1.62. The molecule has 4 rings (SSSR count). The molecular formula is C49H71N15O9. The van der Waals surface area contributed by atoms with Crippen LogP contribution in [0.15, 0.2) is 70.8 Å². The Labute approximate surface area is 423 Å². The quantitative estimate of drug-likeness (QED) is 0.0388. The number of carbonyl (C=O) groups is 9. The molecule has 1 aliphatic heterocycles. The first kappa shape index (κ1) is 57.7. The average Bonchev–Trinajstić information content (AvgIpc) is 3.75. The lowest BCUT2D eigenvalue weighted by atomic mass is 9.83. The summed E-state index contributed by atoms with van der Waals surface area (Å²) in [6.07, 6.45) is 1.66. The minimum absolute atomic E-state index is 0.0345. The van der Waals surface area contributed by atoms with E-state index in [0.717, 1.165) is 16.5 Å². The Hall–Kier alpha value is -7.89. The number of benzene rings is 2. The van der Waals surface area contributed by atoms with Gasteiger partial charge < -0.3 is 71.3 Å². The monoisotopic (exact) mass is 1010 g/mol. The molecule has 24 nitrogen and oxygen atoms in total. The van der Waals surface area contributed by atoms with Gasteiger partial charge in [0.1, 0.15) is 30.0 Å². The molecule has 7 atom stereocenters. The lowest BCUT2D eigenvalue weighted by Gasteiger charge is -2.26. The summed E-state index contributed by atoms with van der Waals surface area (Å²) in [6, 6.07) is 9.39. The number of carbonyl (C=O) groups excluding carboxylic acids is 9. The molecular weight excluding hydrogens is 943 g/mol. The Kier molecular flexibility index (Phi) is 23.3. The van der Waals surface area contributed by atoms with E-state index in [1.54, 1.807) is 36.5 Å². The Morgan fingerprint density at radius 3 is 2.05 bits per heavy atom. The summed E-state index contributed by atoms with van der Waals surface area (Å²) in [5.41, 5.74) is 36.0. The van der Waals surface area contributed by atoms with Crippen molar-refractivity contribution in [1.29, 1.82) is 0 Å². The van der Waals surface area contributed by atoms with Crippen LogP contribution in [0.25, 0.3) is 10.9 Å². The number of ketones is 2. The summed E-state index contributed by atoms with van der Waals surface area (Å²) in [5.74, 6) is -8.81. The molecule has 0 bridgehead atoms. The molecule has 0 unspecified atom stereocenters. The number of nitrogens with one attached hydrogen (secondary N) is 7. The van der Waals surface area contributed by atoms with Crippen molar-refractivity contribution in [3.63, 3.8) is 0 Å². The second-order valence-electron chi connectivity index (χ2n) is 18.1. The molecule has 0 saturated carbocycles. The lowest BCUT2D eigenvalue weighted by Crippen LogP contribution is -2.60. The van der Waals surface area contributed by atoms with Crippen LogP contribution in [-0.2, 0) is 56.0 Å². The molecule has 0 aliphatic carbocycles. The van der Waals surface area contributed by atoms with Crippen LogP contribution >= 0.6 is 0 Å². The van der Waals surface area contributed by atoms with Crippen LogP contribution in [-0.4, -0.2) is 126 Å². The van der Waals surface area contributed by atoms with Gasteiger partial charge in [-0.2, -0.15) is 0 Å². The summed E-state index contributed by atoms with van der Waals surface area (Å²) in [6.45, 7) is 0.977. The standard InChI is InChI=1S/C49H71N15O9/c1-28(65)60-36(17-10-20-58-49(54)55)45(71)63-38-25-42(68)56-18-8-7-16-35(43(51)69)61-44(70)31(22-32-27-59-34-15-6-5-14-33(32)34)24-40(66)30(13-9-19-57-48(52)53)23-41(67)37(21-29-11-3-2-4-12-29)62-47(73)39(26-50)64-46(38)72/h2-6,11-12,14-15,27,30-31,35-39,59H,7-10,13,16-26,50H2,1H3,(H2,51,69)(H,56,68)(H,60,65)(H,61,70)(H,62,73)(H,63,71)(H,64,72)(H4,52,53,57)(H4,54,55,58)/t30-,31-,35+,36+,37-,38+,39+/m1/s1. The van der Waals surface area contributed by atoms with E-state index in [-0.39, 0.29) is 95.8 Å². The topological polar surface area (TPSA) is 422 Å². The van der Waals surface area contributed by atoms with E-state index >= 15 is 0 Å². The molecule has 2 aromatic carbocycles. The maximum absolute atomic E-state index is 14.6. The van der Waals surface area contributed by atoms with Crippen molar-refractivity contribution in [3.05, 3.63) is 71.9 Å². The van der Waals surface area contributed by atoms with Gasteiger partial charge in [-0.1, -0.05) is 48.5 Å². The van der Waals surface area contributed by atoms with E-state index in [0.29, 0.717) is 5.56 Å². The van der Waals surface area contributed by atoms with Crippen LogP contribution < -0.4 is 66.3 Å². The number of fused-ring (bicyclic) bond motifs is 1. The minimum Gasteiger partial charge on any atom is -0.370 e. The van der Waals surface area contributed by atoms with Gasteiger partial charge in [0.2, 0.25) is 41.4 Å². The van der Waals surface area contributed by atoms with Gasteiger partial charge in [0.05, 0.1) is 12.5 Å². The third-order valence-corrected chi connectivity index (χ3v) is 12.3. The number of hydrogen-bond donors (Lipinski definition) is 13. The number of rotatable bonds is 17. The summed E-state index contributed by atoms with van der Waals surface area (Å²) in [4.78, 5) is 135. The maximum atomic E-state index is 14.6. The highest BCUT2D eigenvalue weighted by atomic mass is 16.2. The zero-order valence-electron chi connectivity index (χ0n) is 41.2. The molecule has 0 radical (unpaired) electrons. The summed E-state index contributed by atoms with van der Waals surface area (Å²) in [5, 5.41) is 16.5. The highest BCUT2D eigenvalue weighted by Gasteiger charge is 2.35. The Morgan fingerprint density at radius 2 is 1.38 bits per heavy atom. The SMILES string of the molecule is CC(=O)N[C@@H](CCCN=C(N)N)C(=O)N[C@H]1CC(=O)NCCCC[C@@H](C(N)=O)NC(=O)[C@H](Cc2c[nH]c3ccccc23)CC(=O)[C@H](CCCN=C(N)N)CC(=O)[C@@H](Cc2ccccc2)NC(=O)[C@H](CN)NC1=O. The molecule has 1 aliphatic rings. The van der Waals surface area contributed by atoms with E-state index in [1.165, 1.54) is 6.92 Å². The molecule has 0 spiro atoms. The summed E-state index contributed by atoms with van der Waals surface area (Å²) < 4.78 is 0. The number of Topliss-reactive ketones (excluding diaryl/α,β-unsaturated/α-hetero) is 2. The smallest absolute Gasteiger partial charge is 0.244 e. The van der Waals surface area contributed by atoms with Crippen molar-refractivity contribution in [3.8, 4) is 0 Å². The molecule has 24 heteroatoms. The number of para-hydroxylation sites is 1. The first-order valence-electron chi connectivity index (χ1n) is 24.3. The van der Waals surface area contributed by atoms with Crippen LogP contribution in [0.4, 0.5) is 0 Å². The van der Waals surface area contributed by atoms with Gasteiger partial charge in [-0.25, -0.2) is 0 Å². The number of guanidine groups is 2. The Balaban J connectivity index is 1.74. The average molecular weight is 1010 g/mol. The fourth-order valence-corrected chi connectivity index (χ4v) is 8.45. The zero-order valence-corrected chi connectivity index (χ0v) is 41.2. The Bertz CT molecular complexity index is 2450. The van der Waals surface area contributed by atoms with Crippen LogP contribution in [0, 0.1) is 11.8 Å². The van der Waals surface area contributed by atoms with Gasteiger partial charge in [0, 0.05) is 74.9 Å². The van der Waals surface area contributed by atoms with Gasteiger partial charge in [0.25, 0.3) is 0 Å².